The first-order valence-corrected chi connectivity index (χ1v) is 8.59. The predicted molar refractivity (Wildman–Crippen MR) is 93.6 cm³/mol. The van der Waals surface area contributed by atoms with Crippen LogP contribution in [0.2, 0.25) is 0 Å². The summed E-state index contributed by atoms with van der Waals surface area (Å²) in [6.07, 6.45) is 2.13. The zero-order valence-electron chi connectivity index (χ0n) is 13.7. The van der Waals surface area contributed by atoms with Crippen LogP contribution in [0.1, 0.15) is 52.6 Å². The number of carbonyl (C=O) groups excluding carboxylic acids is 1. The molecule has 0 spiro atoms. The lowest BCUT2D eigenvalue weighted by Crippen LogP contribution is -2.41. The lowest BCUT2D eigenvalue weighted by molar-refractivity contribution is -0.143. The van der Waals surface area contributed by atoms with Gasteiger partial charge >= 0.3 is 13.1 Å². The lowest BCUT2D eigenvalue weighted by atomic mass is 9.68. The Hall–Kier alpha value is -0.535. The molecule has 7 heteroatoms. The molecular formula is C15H23BINO4. The molecule has 1 aromatic heterocycles. The summed E-state index contributed by atoms with van der Waals surface area (Å²) < 4.78 is 18.4. The molecule has 1 fully saturated rings. The van der Waals surface area contributed by atoms with Crippen LogP contribution in [-0.4, -0.2) is 35.9 Å². The molecule has 1 N–H and O–H groups in total. The van der Waals surface area contributed by atoms with E-state index in [1.807, 2.05) is 40.0 Å². The third-order valence-electron chi connectivity index (χ3n) is 4.36. The van der Waals surface area contributed by atoms with Crippen molar-refractivity contribution < 1.29 is 18.8 Å². The highest BCUT2D eigenvalue weighted by molar-refractivity contribution is 14.1. The summed E-state index contributed by atoms with van der Waals surface area (Å²) >= 11 is 2.23. The van der Waals surface area contributed by atoms with Crippen molar-refractivity contribution in [3.63, 3.8) is 0 Å². The third-order valence-corrected chi connectivity index (χ3v) is 4.98. The van der Waals surface area contributed by atoms with Gasteiger partial charge in [0.15, 0.2) is 0 Å². The lowest BCUT2D eigenvalue weighted by Gasteiger charge is -2.32. The number of nitrogens with one attached hydrogen (secondary N) is 1. The first kappa shape index (κ1) is 17.8. The molecule has 0 saturated carbocycles. The fraction of sp³-hybridized carbons (Fsp3) is 0.667. The maximum absolute atomic E-state index is 12.0. The number of esters is 1. The second-order valence-corrected chi connectivity index (χ2v) is 7.76. The first-order valence-electron chi connectivity index (χ1n) is 7.51. The van der Waals surface area contributed by atoms with Gasteiger partial charge in [-0.3, -0.25) is 4.79 Å². The van der Waals surface area contributed by atoms with E-state index in [2.05, 4.69) is 27.6 Å². The van der Waals surface area contributed by atoms with E-state index >= 15 is 0 Å². The summed E-state index contributed by atoms with van der Waals surface area (Å²) in [4.78, 5) is 15.2. The molecule has 5 nitrogen and oxygen atoms in total. The molecule has 0 aliphatic carbocycles. The normalized spacial score (nSPS) is 20.9. The number of aromatic amines is 1. The molecule has 1 aliphatic heterocycles. The number of rotatable bonds is 5. The minimum Gasteiger partial charge on any atom is -0.466 e. The molecule has 1 aliphatic rings. The van der Waals surface area contributed by atoms with E-state index in [0.29, 0.717) is 6.61 Å². The summed E-state index contributed by atoms with van der Waals surface area (Å²) in [7, 11) is -0.483. The van der Waals surface area contributed by atoms with Crippen LogP contribution in [0.4, 0.5) is 0 Å². The van der Waals surface area contributed by atoms with Gasteiger partial charge < -0.3 is 19.0 Å². The molecule has 122 valence electrons. The van der Waals surface area contributed by atoms with Crippen molar-refractivity contribution >= 4 is 35.7 Å². The Morgan fingerprint density at radius 3 is 2.41 bits per heavy atom. The Bertz CT molecular complexity index is 527. The van der Waals surface area contributed by atoms with Gasteiger partial charge in [0.2, 0.25) is 0 Å². The molecule has 1 unspecified atom stereocenters. The Kier molecular flexibility index (Phi) is 5.29. The van der Waals surface area contributed by atoms with Gasteiger partial charge in [-0.15, -0.1) is 0 Å². The van der Waals surface area contributed by atoms with E-state index in [-0.39, 0.29) is 18.2 Å². The van der Waals surface area contributed by atoms with Gasteiger partial charge in [0, 0.05) is 21.3 Å². The van der Waals surface area contributed by atoms with E-state index in [0.717, 1.165) is 9.26 Å². The Morgan fingerprint density at radius 1 is 1.36 bits per heavy atom. The number of hydrogen-bond donors (Lipinski definition) is 1. The molecule has 22 heavy (non-hydrogen) atoms. The highest BCUT2D eigenvalue weighted by atomic mass is 127. The van der Waals surface area contributed by atoms with Crippen LogP contribution in [0.3, 0.4) is 0 Å². The largest absolute Gasteiger partial charge is 0.467 e. The molecule has 2 heterocycles. The first-order chi connectivity index (χ1) is 10.2. The topological polar surface area (TPSA) is 60.6 Å². The number of hydrogen-bond acceptors (Lipinski definition) is 4. The minimum atomic E-state index is -0.483. The number of aromatic nitrogens is 1. The van der Waals surface area contributed by atoms with E-state index in [4.69, 9.17) is 14.0 Å². The van der Waals surface area contributed by atoms with Crippen molar-refractivity contribution in [2.24, 2.45) is 0 Å². The summed E-state index contributed by atoms with van der Waals surface area (Å²) in [6, 6.07) is 2.01. The van der Waals surface area contributed by atoms with Crippen LogP contribution in [0.5, 0.6) is 0 Å². The molecule has 1 saturated heterocycles. The molecule has 1 atom stereocenters. The van der Waals surface area contributed by atoms with Crippen molar-refractivity contribution in [2.45, 2.75) is 58.1 Å². The standard InChI is InChI=1S/C15H23BINO4/c1-6-20-13(19)8-11(12-7-10(17)9-18-12)16-21-14(2,3)15(4,5)22-16/h7,9,11,18H,6,8H2,1-5H3. The Labute approximate surface area is 145 Å². The van der Waals surface area contributed by atoms with Crippen molar-refractivity contribution in [3.05, 3.63) is 21.5 Å². The highest BCUT2D eigenvalue weighted by Gasteiger charge is 2.54. The average Bonchev–Trinajstić information content (AvgIpc) is 2.89. The van der Waals surface area contributed by atoms with Gasteiger partial charge in [0.1, 0.15) is 0 Å². The molecular weight excluding hydrogens is 396 g/mol. The SMILES string of the molecule is CCOC(=O)CC(B1OC(C)(C)C(C)(C)O1)c1cc(I)c[nH]1. The second-order valence-electron chi connectivity index (χ2n) is 6.51. The summed E-state index contributed by atoms with van der Waals surface area (Å²) in [5, 5.41) is 0. The van der Waals surface area contributed by atoms with Crippen LogP contribution in [0.15, 0.2) is 12.3 Å². The van der Waals surface area contributed by atoms with Crippen molar-refractivity contribution in [1.82, 2.24) is 4.98 Å². The Balaban J connectivity index is 2.24. The van der Waals surface area contributed by atoms with Gasteiger partial charge in [-0.2, -0.15) is 0 Å². The van der Waals surface area contributed by atoms with Crippen molar-refractivity contribution in [1.29, 1.82) is 0 Å². The van der Waals surface area contributed by atoms with Crippen molar-refractivity contribution in [3.8, 4) is 0 Å². The molecule has 0 bridgehead atoms. The van der Waals surface area contributed by atoms with Gasteiger partial charge in [-0.25, -0.2) is 0 Å². The predicted octanol–water partition coefficient (Wildman–Crippen LogP) is 3.29. The Morgan fingerprint density at radius 2 is 1.95 bits per heavy atom. The molecule has 0 amide bonds. The average molecular weight is 419 g/mol. The number of carbonyl (C=O) groups is 1. The van der Waals surface area contributed by atoms with Gasteiger partial charge in [0.05, 0.1) is 24.2 Å². The molecule has 0 aromatic carbocycles. The fourth-order valence-electron chi connectivity index (χ4n) is 2.40. The number of halogens is 1. The van der Waals surface area contributed by atoms with Gasteiger partial charge in [-0.1, -0.05) is 0 Å². The van der Waals surface area contributed by atoms with Crippen molar-refractivity contribution in [2.75, 3.05) is 6.61 Å². The van der Waals surface area contributed by atoms with Crippen LogP contribution in [0, 0.1) is 3.57 Å². The molecule has 1 aromatic rings. The number of H-pyrrole nitrogens is 1. The maximum Gasteiger partial charge on any atom is 0.467 e. The minimum absolute atomic E-state index is 0.219. The van der Waals surface area contributed by atoms with E-state index < -0.39 is 18.3 Å². The van der Waals surface area contributed by atoms with E-state index in [9.17, 15) is 4.79 Å². The van der Waals surface area contributed by atoms with Gasteiger partial charge in [0.25, 0.3) is 0 Å². The quantitative estimate of drug-likeness (QED) is 0.452. The molecule has 2 rings (SSSR count). The van der Waals surface area contributed by atoms with Gasteiger partial charge in [-0.05, 0) is 63.3 Å². The van der Waals surface area contributed by atoms with E-state index in [1.165, 1.54) is 0 Å². The monoisotopic (exact) mass is 419 g/mol. The summed E-state index contributed by atoms with van der Waals surface area (Å²) in [5.74, 6) is -0.463. The highest BCUT2D eigenvalue weighted by Crippen LogP contribution is 2.41. The van der Waals surface area contributed by atoms with Crippen LogP contribution >= 0.6 is 22.6 Å². The number of ether oxygens (including phenoxy) is 1. The molecule has 0 radical (unpaired) electrons. The zero-order chi connectivity index (χ0) is 16.5. The smallest absolute Gasteiger partial charge is 0.466 e. The second kappa shape index (κ2) is 6.53. The third kappa shape index (κ3) is 3.68. The van der Waals surface area contributed by atoms with Crippen LogP contribution in [0.25, 0.3) is 0 Å². The van der Waals surface area contributed by atoms with E-state index in [1.54, 1.807) is 6.92 Å². The zero-order valence-corrected chi connectivity index (χ0v) is 15.9. The van der Waals surface area contributed by atoms with Crippen LogP contribution in [-0.2, 0) is 18.8 Å². The maximum atomic E-state index is 12.0. The van der Waals surface area contributed by atoms with Crippen LogP contribution < -0.4 is 0 Å². The summed E-state index contributed by atoms with van der Waals surface area (Å²) in [6.45, 7) is 10.2. The summed E-state index contributed by atoms with van der Waals surface area (Å²) in [5.41, 5.74) is 0.0743. The fourth-order valence-corrected chi connectivity index (χ4v) is 2.89.